The van der Waals surface area contributed by atoms with E-state index in [1.807, 2.05) is 0 Å². The van der Waals surface area contributed by atoms with Crippen molar-refractivity contribution >= 4 is 23.1 Å². The number of nitrogens with zero attached hydrogens (tertiary/aromatic N) is 3. The first-order valence-corrected chi connectivity index (χ1v) is 7.30. The topological polar surface area (TPSA) is 120 Å². The number of halogens is 3. The highest BCUT2D eigenvalue weighted by molar-refractivity contribution is 6.00. The van der Waals surface area contributed by atoms with Crippen LogP contribution >= 0.6 is 0 Å². The van der Waals surface area contributed by atoms with Gasteiger partial charge in [0.15, 0.2) is 0 Å². The van der Waals surface area contributed by atoms with Crippen LogP contribution in [0.4, 0.5) is 24.5 Å². The first kappa shape index (κ1) is 19.4. The minimum absolute atomic E-state index is 0.235. The largest absolute Gasteiger partial charge is 0.494 e. The summed E-state index contributed by atoms with van der Waals surface area (Å²) in [4.78, 5) is 27.5. The van der Waals surface area contributed by atoms with Gasteiger partial charge in [-0.3, -0.25) is 14.9 Å². The summed E-state index contributed by atoms with van der Waals surface area (Å²) in [6.45, 7) is 1.03. The Morgan fingerprint density at radius 1 is 1.38 bits per heavy atom. The van der Waals surface area contributed by atoms with Gasteiger partial charge in [0, 0.05) is 25.2 Å². The van der Waals surface area contributed by atoms with E-state index in [9.17, 15) is 28.1 Å². The third kappa shape index (κ3) is 4.20. The molecule has 0 radical (unpaired) electrons. The van der Waals surface area contributed by atoms with Gasteiger partial charge in [-0.2, -0.15) is 13.2 Å². The molecule has 1 aromatic rings. The normalized spacial score (nSPS) is 15.7. The van der Waals surface area contributed by atoms with Gasteiger partial charge in [-0.1, -0.05) is 0 Å². The average Bonchev–Trinajstić information content (AvgIpc) is 2.60. The summed E-state index contributed by atoms with van der Waals surface area (Å²) in [5.74, 6) is -2.60. The summed E-state index contributed by atoms with van der Waals surface area (Å²) < 4.78 is 47.8. The molecule has 0 aliphatic carbocycles. The predicted molar refractivity (Wildman–Crippen MR) is 83.7 cm³/mol. The standard InChI is InChI=1S/C14H15F3N4O5/c1-25-11-6-8(12(22)20-2-4-26-5-3-20)10(21(23)24)7-9(11)19-13(18)14(15,16)17/h6-7H,2-5H2,1H3,(H2,18,19). The van der Waals surface area contributed by atoms with E-state index in [4.69, 9.17) is 15.2 Å². The van der Waals surface area contributed by atoms with Crippen molar-refractivity contribution < 1.29 is 32.4 Å². The van der Waals surface area contributed by atoms with Crippen molar-refractivity contribution in [1.29, 1.82) is 0 Å². The van der Waals surface area contributed by atoms with E-state index in [1.54, 1.807) is 0 Å². The molecule has 1 amide bonds. The Bertz CT molecular complexity index is 745. The fourth-order valence-corrected chi connectivity index (χ4v) is 2.26. The van der Waals surface area contributed by atoms with Crippen LogP contribution < -0.4 is 10.5 Å². The molecule has 12 heteroatoms. The number of carbonyl (C=O) groups is 1. The molecule has 0 saturated carbocycles. The van der Waals surface area contributed by atoms with Crippen molar-refractivity contribution in [2.45, 2.75) is 6.18 Å². The first-order valence-electron chi connectivity index (χ1n) is 7.30. The van der Waals surface area contributed by atoms with Gasteiger partial charge >= 0.3 is 6.18 Å². The smallest absolute Gasteiger partial charge is 0.448 e. The van der Waals surface area contributed by atoms with Crippen LogP contribution in [0.25, 0.3) is 0 Å². The highest BCUT2D eigenvalue weighted by atomic mass is 19.4. The quantitative estimate of drug-likeness (QED) is 0.369. The van der Waals surface area contributed by atoms with E-state index < -0.39 is 34.2 Å². The van der Waals surface area contributed by atoms with Crippen LogP contribution in [-0.4, -0.2) is 61.2 Å². The molecule has 0 atom stereocenters. The van der Waals surface area contributed by atoms with Crippen molar-refractivity contribution in [3.63, 3.8) is 0 Å². The minimum Gasteiger partial charge on any atom is -0.494 e. The van der Waals surface area contributed by atoms with Crippen molar-refractivity contribution in [3.05, 3.63) is 27.8 Å². The monoisotopic (exact) mass is 376 g/mol. The Hall–Kier alpha value is -2.89. The number of ether oxygens (including phenoxy) is 2. The number of nitro groups is 1. The third-order valence-electron chi connectivity index (χ3n) is 3.55. The second-order valence-corrected chi connectivity index (χ2v) is 5.20. The Kier molecular flexibility index (Phi) is 5.65. The van der Waals surface area contributed by atoms with E-state index in [0.29, 0.717) is 0 Å². The summed E-state index contributed by atoms with van der Waals surface area (Å²) in [5, 5.41) is 11.3. The summed E-state index contributed by atoms with van der Waals surface area (Å²) in [6, 6.07) is 1.71. The maximum Gasteiger partial charge on any atom is 0.448 e. The van der Waals surface area contributed by atoms with E-state index in [0.717, 1.165) is 19.2 Å². The number of morpholine rings is 1. The number of nitro benzene ring substituents is 1. The number of alkyl halides is 3. The third-order valence-corrected chi connectivity index (χ3v) is 3.55. The number of amides is 1. The number of methoxy groups -OCH3 is 1. The molecular formula is C14H15F3N4O5. The number of hydrogen-bond acceptors (Lipinski definition) is 6. The lowest BCUT2D eigenvalue weighted by Crippen LogP contribution is -2.40. The van der Waals surface area contributed by atoms with Gasteiger partial charge in [0.1, 0.15) is 17.0 Å². The van der Waals surface area contributed by atoms with Crippen molar-refractivity contribution in [2.24, 2.45) is 10.7 Å². The van der Waals surface area contributed by atoms with Gasteiger partial charge in [-0.05, 0) is 0 Å². The zero-order valence-corrected chi connectivity index (χ0v) is 13.6. The van der Waals surface area contributed by atoms with Crippen LogP contribution in [0.3, 0.4) is 0 Å². The van der Waals surface area contributed by atoms with Crippen LogP contribution in [-0.2, 0) is 4.74 Å². The summed E-state index contributed by atoms with van der Waals surface area (Å²) in [6.07, 6.45) is -4.91. The number of carbonyl (C=O) groups excluding carboxylic acids is 1. The molecule has 0 unspecified atom stereocenters. The van der Waals surface area contributed by atoms with E-state index in [1.165, 1.54) is 4.90 Å². The van der Waals surface area contributed by atoms with Crippen molar-refractivity contribution in [3.8, 4) is 5.75 Å². The van der Waals surface area contributed by atoms with E-state index >= 15 is 0 Å². The molecule has 26 heavy (non-hydrogen) atoms. The molecule has 1 aliphatic rings. The lowest BCUT2D eigenvalue weighted by Gasteiger charge is -2.26. The number of aliphatic imine (C=N–C) groups is 1. The molecule has 1 fully saturated rings. The second-order valence-electron chi connectivity index (χ2n) is 5.20. The maximum atomic E-state index is 12.6. The molecule has 2 rings (SSSR count). The minimum atomic E-state index is -4.91. The maximum absolute atomic E-state index is 12.6. The van der Waals surface area contributed by atoms with Crippen LogP contribution in [0.15, 0.2) is 17.1 Å². The highest BCUT2D eigenvalue weighted by Crippen LogP contribution is 2.36. The number of benzene rings is 1. The van der Waals surface area contributed by atoms with Gasteiger partial charge in [0.25, 0.3) is 11.6 Å². The molecule has 0 bridgehead atoms. The molecular weight excluding hydrogens is 361 g/mol. The van der Waals surface area contributed by atoms with E-state index in [2.05, 4.69) is 4.99 Å². The SMILES string of the molecule is COc1cc(C(=O)N2CCOCC2)c([N+](=O)[O-])cc1N=C(N)C(F)(F)F. The molecule has 142 valence electrons. The Morgan fingerprint density at radius 2 is 2.00 bits per heavy atom. The molecule has 1 heterocycles. The van der Waals surface area contributed by atoms with Gasteiger partial charge in [0.05, 0.1) is 25.2 Å². The zero-order chi connectivity index (χ0) is 19.5. The Morgan fingerprint density at radius 3 is 2.50 bits per heavy atom. The number of hydrogen-bond donors (Lipinski definition) is 1. The van der Waals surface area contributed by atoms with Crippen LogP contribution in [0.1, 0.15) is 10.4 Å². The van der Waals surface area contributed by atoms with Crippen LogP contribution in [0, 0.1) is 10.1 Å². The Balaban J connectivity index is 2.53. The lowest BCUT2D eigenvalue weighted by molar-refractivity contribution is -0.385. The fourth-order valence-electron chi connectivity index (χ4n) is 2.26. The van der Waals surface area contributed by atoms with Gasteiger partial charge in [-0.15, -0.1) is 0 Å². The summed E-state index contributed by atoms with van der Waals surface area (Å²) >= 11 is 0. The number of rotatable bonds is 4. The summed E-state index contributed by atoms with van der Waals surface area (Å²) in [5.41, 5.74) is 3.33. The first-order chi connectivity index (χ1) is 12.1. The number of nitrogens with two attached hydrogens (primary N) is 1. The fraction of sp³-hybridized carbons (Fsp3) is 0.429. The lowest BCUT2D eigenvalue weighted by atomic mass is 10.1. The van der Waals surface area contributed by atoms with Gasteiger partial charge in [0.2, 0.25) is 5.84 Å². The second kappa shape index (κ2) is 7.56. The van der Waals surface area contributed by atoms with Crippen molar-refractivity contribution in [2.75, 3.05) is 33.4 Å². The van der Waals surface area contributed by atoms with Crippen molar-refractivity contribution in [1.82, 2.24) is 4.90 Å². The summed E-state index contributed by atoms with van der Waals surface area (Å²) in [7, 11) is 1.13. The average molecular weight is 376 g/mol. The molecule has 9 nitrogen and oxygen atoms in total. The van der Waals surface area contributed by atoms with Gasteiger partial charge < -0.3 is 20.1 Å². The van der Waals surface area contributed by atoms with Crippen LogP contribution in [0.2, 0.25) is 0 Å². The molecule has 0 aromatic heterocycles. The molecule has 2 N–H and O–H groups in total. The Labute approximate surface area is 145 Å². The molecule has 1 aromatic carbocycles. The van der Waals surface area contributed by atoms with E-state index in [-0.39, 0.29) is 37.6 Å². The molecule has 1 aliphatic heterocycles. The molecule has 0 spiro atoms. The zero-order valence-electron chi connectivity index (χ0n) is 13.6. The predicted octanol–water partition coefficient (Wildman–Crippen LogP) is 1.63. The van der Waals surface area contributed by atoms with Crippen LogP contribution in [0.5, 0.6) is 5.75 Å². The highest BCUT2D eigenvalue weighted by Gasteiger charge is 2.34. The number of amidine groups is 1. The molecule has 1 saturated heterocycles. The van der Waals surface area contributed by atoms with Gasteiger partial charge in [-0.25, -0.2) is 4.99 Å².